The Hall–Kier alpha value is -2.94. The number of nitrogens with zero attached hydrogens (tertiary/aromatic N) is 2. The predicted molar refractivity (Wildman–Crippen MR) is 92.2 cm³/mol. The number of esters is 1. The Labute approximate surface area is 153 Å². The first-order valence-corrected chi connectivity index (χ1v) is 8.03. The van der Waals surface area contributed by atoms with E-state index in [0.29, 0.717) is 17.9 Å². The van der Waals surface area contributed by atoms with E-state index in [1.807, 2.05) is 0 Å². The highest BCUT2D eigenvalue weighted by Crippen LogP contribution is 2.27. The van der Waals surface area contributed by atoms with Crippen LogP contribution < -0.4 is 5.32 Å². The molecule has 1 aromatic heterocycles. The molecule has 26 heavy (non-hydrogen) atoms. The molecule has 9 nitrogen and oxygen atoms in total. The largest absolute Gasteiger partial charge is 0.449 e. The number of benzene rings is 1. The van der Waals surface area contributed by atoms with Gasteiger partial charge in [-0.1, -0.05) is 23.7 Å². The molecule has 138 valence electrons. The normalized spacial score (nSPS) is 11.7. The van der Waals surface area contributed by atoms with Gasteiger partial charge in [0.1, 0.15) is 5.56 Å². The highest BCUT2D eigenvalue weighted by molar-refractivity contribution is 6.34. The molecule has 2 rings (SSSR count). The van der Waals surface area contributed by atoms with Crippen molar-refractivity contribution in [2.45, 2.75) is 33.3 Å². The first-order valence-electron chi connectivity index (χ1n) is 7.65. The summed E-state index contributed by atoms with van der Waals surface area (Å²) < 4.78 is 10.2. The number of carbonyl (C=O) groups is 2. The number of ether oxygens (including phenoxy) is 1. The number of amides is 1. The van der Waals surface area contributed by atoms with Gasteiger partial charge < -0.3 is 14.6 Å². The third-order valence-corrected chi connectivity index (χ3v) is 3.85. The topological polar surface area (TPSA) is 125 Å². The standard InChI is InChI=1S/C16H16ClN3O6/c1-4-13-14(8(2)19-26-13)16(22)25-9(3)15(21)18-12-6-5-10(20(23)24)7-11(12)17/h5-7,9H,4H2,1-3H3,(H,18,21)/t9-/m1/s1. The smallest absolute Gasteiger partial charge is 0.344 e. The first-order chi connectivity index (χ1) is 12.2. The number of nitrogens with one attached hydrogen (secondary N) is 1. The van der Waals surface area contributed by atoms with Crippen LogP contribution in [0.15, 0.2) is 22.7 Å². The average Bonchev–Trinajstić information content (AvgIpc) is 2.97. The summed E-state index contributed by atoms with van der Waals surface area (Å²) in [4.78, 5) is 34.6. The van der Waals surface area contributed by atoms with E-state index in [2.05, 4.69) is 10.5 Å². The number of hydrogen-bond donors (Lipinski definition) is 1. The fourth-order valence-electron chi connectivity index (χ4n) is 2.15. The molecule has 0 aliphatic carbocycles. The molecule has 1 atom stereocenters. The van der Waals surface area contributed by atoms with Crippen LogP contribution in [0, 0.1) is 17.0 Å². The molecule has 0 saturated heterocycles. The Morgan fingerprint density at radius 3 is 2.73 bits per heavy atom. The highest BCUT2D eigenvalue weighted by Gasteiger charge is 2.25. The molecule has 0 fully saturated rings. The minimum absolute atomic E-state index is 0.00535. The number of rotatable bonds is 6. The molecular formula is C16H16ClN3O6. The van der Waals surface area contributed by atoms with Crippen molar-refractivity contribution in [2.75, 3.05) is 5.32 Å². The minimum atomic E-state index is -1.13. The molecule has 10 heteroatoms. The fraction of sp³-hybridized carbons (Fsp3) is 0.312. The van der Waals surface area contributed by atoms with Gasteiger partial charge in [-0.15, -0.1) is 0 Å². The van der Waals surface area contributed by atoms with Crippen LogP contribution in [0.1, 0.15) is 35.7 Å². The molecule has 1 heterocycles. The summed E-state index contributed by atoms with van der Waals surface area (Å²) in [5.41, 5.74) is 0.529. The molecule has 0 aliphatic heterocycles. The van der Waals surface area contributed by atoms with Crippen molar-refractivity contribution in [3.05, 3.63) is 50.4 Å². The number of carbonyl (C=O) groups excluding carboxylic acids is 2. The van der Waals surface area contributed by atoms with E-state index in [-0.39, 0.29) is 22.0 Å². The second-order valence-corrected chi connectivity index (χ2v) is 5.78. The lowest BCUT2D eigenvalue weighted by Gasteiger charge is -2.14. The molecule has 0 unspecified atom stereocenters. The summed E-state index contributed by atoms with van der Waals surface area (Å²) in [5, 5.41) is 16.9. The zero-order valence-electron chi connectivity index (χ0n) is 14.2. The second-order valence-electron chi connectivity index (χ2n) is 5.38. The third kappa shape index (κ3) is 4.17. The number of aryl methyl sites for hydroxylation is 2. The van der Waals surface area contributed by atoms with Crippen LogP contribution in [-0.4, -0.2) is 28.1 Å². The van der Waals surface area contributed by atoms with Crippen molar-refractivity contribution >= 4 is 34.9 Å². The molecule has 0 saturated carbocycles. The van der Waals surface area contributed by atoms with Crippen molar-refractivity contribution < 1.29 is 23.8 Å². The second kappa shape index (κ2) is 7.96. The van der Waals surface area contributed by atoms with Crippen LogP contribution in [0.25, 0.3) is 0 Å². The molecular weight excluding hydrogens is 366 g/mol. The highest BCUT2D eigenvalue weighted by atomic mass is 35.5. The fourth-order valence-corrected chi connectivity index (χ4v) is 2.37. The molecule has 0 spiro atoms. The number of anilines is 1. The van der Waals surface area contributed by atoms with Gasteiger partial charge >= 0.3 is 5.97 Å². The molecule has 1 aromatic carbocycles. The van der Waals surface area contributed by atoms with Crippen LogP contribution in [0.5, 0.6) is 0 Å². The van der Waals surface area contributed by atoms with Crippen LogP contribution in [0.4, 0.5) is 11.4 Å². The predicted octanol–water partition coefficient (Wildman–Crippen LogP) is 3.29. The van der Waals surface area contributed by atoms with Gasteiger partial charge in [0.05, 0.1) is 21.3 Å². The van der Waals surface area contributed by atoms with E-state index < -0.39 is 22.9 Å². The molecule has 0 radical (unpaired) electrons. The Bertz CT molecular complexity index is 864. The zero-order valence-corrected chi connectivity index (χ0v) is 15.0. The van der Waals surface area contributed by atoms with Crippen molar-refractivity contribution in [1.29, 1.82) is 0 Å². The monoisotopic (exact) mass is 381 g/mol. The van der Waals surface area contributed by atoms with Gasteiger partial charge in [0, 0.05) is 18.6 Å². The zero-order chi connectivity index (χ0) is 19.4. The number of nitro benzene ring substituents is 1. The molecule has 0 bridgehead atoms. The Morgan fingerprint density at radius 2 is 2.15 bits per heavy atom. The number of hydrogen-bond acceptors (Lipinski definition) is 7. The summed E-state index contributed by atoms with van der Waals surface area (Å²) in [5.74, 6) is -0.988. The van der Waals surface area contributed by atoms with Gasteiger partial charge in [0.25, 0.3) is 11.6 Å². The Kier molecular flexibility index (Phi) is 5.93. The van der Waals surface area contributed by atoms with Crippen molar-refractivity contribution in [1.82, 2.24) is 5.16 Å². The SMILES string of the molecule is CCc1onc(C)c1C(=O)O[C@H](C)C(=O)Nc1ccc([N+](=O)[O-])cc1Cl. The van der Waals surface area contributed by atoms with E-state index >= 15 is 0 Å². The van der Waals surface area contributed by atoms with Gasteiger partial charge in [0.2, 0.25) is 0 Å². The van der Waals surface area contributed by atoms with E-state index in [9.17, 15) is 19.7 Å². The third-order valence-electron chi connectivity index (χ3n) is 3.53. The maximum absolute atomic E-state index is 12.3. The Morgan fingerprint density at radius 1 is 1.46 bits per heavy atom. The van der Waals surface area contributed by atoms with Crippen LogP contribution in [0.2, 0.25) is 5.02 Å². The summed E-state index contributed by atoms with van der Waals surface area (Å²) in [6, 6.07) is 3.61. The molecule has 0 aliphatic rings. The first kappa shape index (κ1) is 19.4. The lowest BCUT2D eigenvalue weighted by Crippen LogP contribution is -2.30. The maximum Gasteiger partial charge on any atom is 0.344 e. The number of nitro groups is 1. The molecule has 1 amide bonds. The van der Waals surface area contributed by atoms with Crippen LogP contribution >= 0.6 is 11.6 Å². The number of halogens is 1. The Balaban J connectivity index is 2.07. The van der Waals surface area contributed by atoms with E-state index in [1.165, 1.54) is 19.1 Å². The minimum Gasteiger partial charge on any atom is -0.449 e. The summed E-state index contributed by atoms with van der Waals surface area (Å²) in [7, 11) is 0. The quantitative estimate of drug-likeness (QED) is 0.462. The van der Waals surface area contributed by atoms with Crippen molar-refractivity contribution in [3.8, 4) is 0 Å². The van der Waals surface area contributed by atoms with Crippen molar-refractivity contribution in [3.63, 3.8) is 0 Å². The summed E-state index contributed by atoms with van der Waals surface area (Å²) >= 11 is 5.92. The van der Waals surface area contributed by atoms with E-state index in [4.69, 9.17) is 20.9 Å². The molecule has 2 aromatic rings. The number of non-ortho nitro benzene ring substituents is 1. The maximum atomic E-state index is 12.3. The summed E-state index contributed by atoms with van der Waals surface area (Å²) in [6.45, 7) is 4.78. The van der Waals surface area contributed by atoms with Gasteiger partial charge in [-0.25, -0.2) is 4.79 Å². The lowest BCUT2D eigenvalue weighted by molar-refractivity contribution is -0.384. The van der Waals surface area contributed by atoms with Gasteiger partial charge in [-0.2, -0.15) is 0 Å². The van der Waals surface area contributed by atoms with Gasteiger partial charge in [-0.3, -0.25) is 14.9 Å². The average molecular weight is 382 g/mol. The van der Waals surface area contributed by atoms with E-state index in [0.717, 1.165) is 6.07 Å². The lowest BCUT2D eigenvalue weighted by atomic mass is 10.1. The molecule has 1 N–H and O–H groups in total. The summed E-state index contributed by atoms with van der Waals surface area (Å²) in [6.07, 6.45) is -0.683. The van der Waals surface area contributed by atoms with Gasteiger partial charge in [-0.05, 0) is 19.9 Å². The van der Waals surface area contributed by atoms with Crippen LogP contribution in [0.3, 0.4) is 0 Å². The number of aromatic nitrogens is 1. The van der Waals surface area contributed by atoms with Gasteiger partial charge in [0.15, 0.2) is 11.9 Å². The van der Waals surface area contributed by atoms with E-state index in [1.54, 1.807) is 13.8 Å². The van der Waals surface area contributed by atoms with Crippen LogP contribution in [-0.2, 0) is 16.0 Å². The van der Waals surface area contributed by atoms with Crippen molar-refractivity contribution in [2.24, 2.45) is 0 Å².